The fourth-order valence-corrected chi connectivity index (χ4v) is 4.71. The molecule has 0 aliphatic heterocycles. The molecule has 0 heterocycles. The largest absolute Gasteiger partial charge is 0.497 e. The predicted octanol–water partition coefficient (Wildman–Crippen LogP) is 8.11. The molecule has 3 aromatic rings. The lowest BCUT2D eigenvalue weighted by molar-refractivity contribution is -0.137. The minimum atomic E-state index is -1.34. The van der Waals surface area contributed by atoms with Crippen molar-refractivity contribution >= 4 is 5.97 Å². The van der Waals surface area contributed by atoms with Crippen LogP contribution in [0.15, 0.2) is 60.7 Å². The van der Waals surface area contributed by atoms with Crippen LogP contribution >= 0.6 is 0 Å². The Kier molecular flexibility index (Phi) is 7.86. The van der Waals surface area contributed by atoms with Crippen molar-refractivity contribution < 1.29 is 28.2 Å². The maximum atomic E-state index is 15.7. The minimum absolute atomic E-state index is 0.0243. The first kappa shape index (κ1) is 26.6. The van der Waals surface area contributed by atoms with Crippen molar-refractivity contribution in [1.29, 1.82) is 0 Å². The molecule has 0 saturated heterocycles. The van der Waals surface area contributed by atoms with Gasteiger partial charge in [-0.05, 0) is 88.7 Å². The average Bonchev–Trinajstić information content (AvgIpc) is 3.71. The van der Waals surface area contributed by atoms with E-state index in [9.17, 15) is 14.3 Å². The summed E-state index contributed by atoms with van der Waals surface area (Å²) in [6.07, 6.45) is 0.852. The second kappa shape index (κ2) is 10.9. The molecule has 37 heavy (non-hydrogen) atoms. The van der Waals surface area contributed by atoms with E-state index in [-0.39, 0.29) is 24.5 Å². The normalized spacial score (nSPS) is 15.2. The quantitative estimate of drug-likeness (QED) is 0.301. The van der Waals surface area contributed by atoms with Crippen molar-refractivity contribution in [3.63, 3.8) is 0 Å². The van der Waals surface area contributed by atoms with Gasteiger partial charge in [-0.3, -0.25) is 4.79 Å². The Balaban J connectivity index is 1.61. The summed E-state index contributed by atoms with van der Waals surface area (Å²) in [7, 11) is 1.51. The molecule has 1 aliphatic carbocycles. The summed E-state index contributed by atoms with van der Waals surface area (Å²) < 4.78 is 41.8. The van der Waals surface area contributed by atoms with Crippen LogP contribution in [0.3, 0.4) is 0 Å². The molecule has 4 nitrogen and oxygen atoms in total. The lowest BCUT2D eigenvalue weighted by Crippen LogP contribution is -2.15. The number of alkyl halides is 1. The van der Waals surface area contributed by atoms with Gasteiger partial charge in [0.05, 0.1) is 13.5 Å². The summed E-state index contributed by atoms with van der Waals surface area (Å²) in [5.41, 5.74) is 2.17. The molecule has 0 spiro atoms. The van der Waals surface area contributed by atoms with Gasteiger partial charge in [-0.2, -0.15) is 0 Å². The van der Waals surface area contributed by atoms with Gasteiger partial charge in [0.25, 0.3) is 0 Å². The minimum Gasteiger partial charge on any atom is -0.497 e. The maximum absolute atomic E-state index is 15.7. The van der Waals surface area contributed by atoms with E-state index in [4.69, 9.17) is 9.47 Å². The zero-order valence-corrected chi connectivity index (χ0v) is 21.8. The monoisotopic (exact) mass is 508 g/mol. The standard InChI is InChI=1S/C31H34F2O4/c1-31(2,3)30(33)27-14-19(8-12-24(27)26-16-22(36-4)11-13-28(26)32)18-37-23-7-5-6-21(15-23)25(17-29(34)35)20-9-10-20/h5-8,11-16,20,25,30H,9-10,17-18H2,1-4H3,(H,34,35)/t25-,30+/m0/s1. The molecule has 1 N–H and O–H groups in total. The van der Waals surface area contributed by atoms with E-state index in [1.165, 1.54) is 19.2 Å². The highest BCUT2D eigenvalue weighted by molar-refractivity contribution is 5.71. The number of hydrogen-bond acceptors (Lipinski definition) is 3. The highest BCUT2D eigenvalue weighted by Gasteiger charge is 2.34. The van der Waals surface area contributed by atoms with Crippen molar-refractivity contribution in [2.24, 2.45) is 11.3 Å². The number of benzene rings is 3. The fourth-order valence-electron chi connectivity index (χ4n) is 4.71. The van der Waals surface area contributed by atoms with Gasteiger partial charge in [0, 0.05) is 5.56 Å². The van der Waals surface area contributed by atoms with Crippen LogP contribution in [0.1, 0.15) is 68.8 Å². The molecule has 1 aliphatic rings. The summed E-state index contributed by atoms with van der Waals surface area (Å²) in [5.74, 6) is 0.249. The second-order valence-corrected chi connectivity index (χ2v) is 10.9. The van der Waals surface area contributed by atoms with Crippen LogP contribution in [0.5, 0.6) is 11.5 Å². The van der Waals surface area contributed by atoms with E-state index in [0.29, 0.717) is 28.5 Å². The number of aliphatic carboxylic acids is 1. The van der Waals surface area contributed by atoms with Crippen LogP contribution < -0.4 is 9.47 Å². The lowest BCUT2D eigenvalue weighted by Gasteiger charge is -2.27. The van der Waals surface area contributed by atoms with Crippen LogP contribution in [0.2, 0.25) is 0 Å². The fraction of sp³-hybridized carbons (Fsp3) is 0.387. The SMILES string of the molecule is COc1ccc(F)c(-c2ccc(COc3cccc([C@@H](CC(=O)O)C4CC4)c3)cc2[C@@H](F)C(C)(C)C)c1. The number of ether oxygens (including phenoxy) is 2. The first-order valence-electron chi connectivity index (χ1n) is 12.6. The molecule has 1 saturated carbocycles. The number of methoxy groups -OCH3 is 1. The van der Waals surface area contributed by atoms with Gasteiger partial charge in [-0.25, -0.2) is 8.78 Å². The summed E-state index contributed by atoms with van der Waals surface area (Å²) in [6, 6.07) is 17.3. The van der Waals surface area contributed by atoms with Crippen molar-refractivity contribution in [3.8, 4) is 22.6 Å². The lowest BCUT2D eigenvalue weighted by atomic mass is 9.82. The molecule has 0 radical (unpaired) electrons. The summed E-state index contributed by atoms with van der Waals surface area (Å²) in [6.45, 7) is 5.63. The zero-order valence-electron chi connectivity index (χ0n) is 21.8. The maximum Gasteiger partial charge on any atom is 0.303 e. The van der Waals surface area contributed by atoms with Gasteiger partial charge in [-0.15, -0.1) is 0 Å². The Bertz CT molecular complexity index is 1260. The summed E-state index contributed by atoms with van der Waals surface area (Å²) >= 11 is 0. The van der Waals surface area contributed by atoms with Gasteiger partial charge >= 0.3 is 5.97 Å². The van der Waals surface area contributed by atoms with E-state index in [1.807, 2.05) is 51.1 Å². The molecule has 0 aromatic heterocycles. The summed E-state index contributed by atoms with van der Waals surface area (Å²) in [5, 5.41) is 9.33. The molecule has 0 amide bonds. The number of carbonyl (C=O) groups is 1. The third kappa shape index (κ3) is 6.48. The number of hydrogen-bond donors (Lipinski definition) is 1. The molecule has 0 unspecified atom stereocenters. The number of carboxylic acids is 1. The summed E-state index contributed by atoms with van der Waals surface area (Å²) in [4.78, 5) is 11.4. The van der Waals surface area contributed by atoms with Crippen molar-refractivity contribution in [2.45, 2.75) is 58.7 Å². The van der Waals surface area contributed by atoms with Gasteiger partial charge in [-0.1, -0.05) is 45.0 Å². The van der Waals surface area contributed by atoms with E-state index in [0.717, 1.165) is 24.0 Å². The smallest absolute Gasteiger partial charge is 0.303 e. The molecular formula is C31H34F2O4. The van der Waals surface area contributed by atoms with E-state index in [1.54, 1.807) is 18.2 Å². The van der Waals surface area contributed by atoms with Crippen LogP contribution in [-0.2, 0) is 11.4 Å². The zero-order chi connectivity index (χ0) is 26.7. The first-order valence-corrected chi connectivity index (χ1v) is 12.6. The highest BCUT2D eigenvalue weighted by Crippen LogP contribution is 2.45. The Morgan fingerprint density at radius 3 is 2.43 bits per heavy atom. The predicted molar refractivity (Wildman–Crippen MR) is 140 cm³/mol. The van der Waals surface area contributed by atoms with Crippen LogP contribution in [0.4, 0.5) is 8.78 Å². The third-order valence-electron chi connectivity index (χ3n) is 6.89. The molecule has 196 valence electrons. The number of rotatable bonds is 10. The molecule has 4 rings (SSSR count). The molecule has 3 aromatic carbocycles. The van der Waals surface area contributed by atoms with E-state index in [2.05, 4.69) is 0 Å². The van der Waals surface area contributed by atoms with Gasteiger partial charge in [0.2, 0.25) is 0 Å². The first-order chi connectivity index (χ1) is 17.6. The topological polar surface area (TPSA) is 55.8 Å². The van der Waals surface area contributed by atoms with Gasteiger partial charge < -0.3 is 14.6 Å². The Morgan fingerprint density at radius 1 is 1.03 bits per heavy atom. The molecule has 0 bridgehead atoms. The second-order valence-electron chi connectivity index (χ2n) is 10.9. The van der Waals surface area contributed by atoms with Crippen LogP contribution in [0, 0.1) is 17.2 Å². The Labute approximate surface area is 217 Å². The van der Waals surface area contributed by atoms with Gasteiger partial charge in [0.1, 0.15) is 30.1 Å². The molecule has 2 atom stereocenters. The Morgan fingerprint density at radius 2 is 1.78 bits per heavy atom. The van der Waals surface area contributed by atoms with Crippen molar-refractivity contribution in [3.05, 3.63) is 83.2 Å². The number of carboxylic acid groups (broad SMARTS) is 1. The third-order valence-corrected chi connectivity index (χ3v) is 6.89. The van der Waals surface area contributed by atoms with E-state index >= 15 is 4.39 Å². The molecule has 6 heteroatoms. The van der Waals surface area contributed by atoms with Crippen molar-refractivity contribution in [2.75, 3.05) is 7.11 Å². The van der Waals surface area contributed by atoms with Crippen LogP contribution in [-0.4, -0.2) is 18.2 Å². The average molecular weight is 509 g/mol. The molecular weight excluding hydrogens is 474 g/mol. The Hall–Kier alpha value is -3.41. The van der Waals surface area contributed by atoms with Gasteiger partial charge in [0.15, 0.2) is 0 Å². The van der Waals surface area contributed by atoms with Crippen LogP contribution in [0.25, 0.3) is 11.1 Å². The number of halogens is 2. The highest BCUT2D eigenvalue weighted by atomic mass is 19.1. The van der Waals surface area contributed by atoms with E-state index < -0.39 is 23.4 Å². The van der Waals surface area contributed by atoms with Crippen molar-refractivity contribution in [1.82, 2.24) is 0 Å². The molecule has 1 fully saturated rings.